The number of anilines is 1. The number of fused-ring (bicyclic) bond motifs is 1. The molecule has 0 unspecified atom stereocenters. The number of thioether (sulfide) groups is 1. The van der Waals surface area contributed by atoms with Gasteiger partial charge < -0.3 is 5.32 Å². The number of rotatable bonds is 2. The van der Waals surface area contributed by atoms with Crippen LogP contribution in [0.4, 0.5) is 5.69 Å². The highest BCUT2D eigenvalue weighted by molar-refractivity contribution is 7.99. The summed E-state index contributed by atoms with van der Waals surface area (Å²) in [6.45, 7) is 0. The molecule has 0 radical (unpaired) electrons. The van der Waals surface area contributed by atoms with Gasteiger partial charge in [0.05, 0.1) is 6.04 Å². The summed E-state index contributed by atoms with van der Waals surface area (Å²) in [7, 11) is 0. The second-order valence-corrected chi connectivity index (χ2v) is 7.10. The second kappa shape index (κ2) is 6.51. The second-order valence-electron chi connectivity index (χ2n) is 5.86. The summed E-state index contributed by atoms with van der Waals surface area (Å²) in [5.41, 5.74) is 3.99. The number of nitrogens with one attached hydrogen (secondary N) is 1. The fourth-order valence-corrected chi connectivity index (χ4v) is 4.43. The van der Waals surface area contributed by atoms with Crippen molar-refractivity contribution in [2.24, 2.45) is 0 Å². The van der Waals surface area contributed by atoms with Crippen LogP contribution in [0.25, 0.3) is 0 Å². The third kappa shape index (κ3) is 3.13. The first-order valence-electron chi connectivity index (χ1n) is 8.02. The zero-order valence-electron chi connectivity index (χ0n) is 12.9. The topological polar surface area (TPSA) is 12.0 Å². The average molecular weight is 317 g/mol. The van der Waals surface area contributed by atoms with E-state index in [1.807, 2.05) is 11.8 Å². The average Bonchev–Trinajstić information content (AvgIpc) is 2.83. The highest BCUT2D eigenvalue weighted by Crippen LogP contribution is 2.47. The Morgan fingerprint density at radius 3 is 2.04 bits per heavy atom. The minimum Gasteiger partial charge on any atom is -0.377 e. The molecule has 3 aromatic carbocycles. The van der Waals surface area contributed by atoms with Gasteiger partial charge in [0.1, 0.15) is 0 Å². The molecular weight excluding hydrogens is 298 g/mol. The van der Waals surface area contributed by atoms with Crippen LogP contribution in [0.5, 0.6) is 0 Å². The van der Waals surface area contributed by atoms with Gasteiger partial charge in [0, 0.05) is 15.8 Å². The largest absolute Gasteiger partial charge is 0.377 e. The number of hydrogen-bond donors (Lipinski definition) is 1. The predicted octanol–water partition coefficient (Wildman–Crippen LogP) is 6.08. The van der Waals surface area contributed by atoms with Crippen LogP contribution >= 0.6 is 11.8 Å². The number of benzene rings is 3. The van der Waals surface area contributed by atoms with Crippen molar-refractivity contribution < 1.29 is 0 Å². The van der Waals surface area contributed by atoms with E-state index in [0.29, 0.717) is 11.3 Å². The van der Waals surface area contributed by atoms with Crippen LogP contribution in [0.15, 0.2) is 89.8 Å². The molecule has 1 aliphatic rings. The first-order chi connectivity index (χ1) is 11.4. The number of para-hydroxylation sites is 1. The summed E-state index contributed by atoms with van der Waals surface area (Å²) >= 11 is 1.97. The first-order valence-corrected chi connectivity index (χ1v) is 8.90. The van der Waals surface area contributed by atoms with Gasteiger partial charge in [-0.15, -0.1) is 11.8 Å². The van der Waals surface area contributed by atoms with Gasteiger partial charge in [-0.25, -0.2) is 0 Å². The Balaban J connectivity index is 1.74. The van der Waals surface area contributed by atoms with Crippen LogP contribution in [0, 0.1) is 0 Å². The van der Waals surface area contributed by atoms with Crippen LogP contribution in [0.2, 0.25) is 0 Å². The Morgan fingerprint density at radius 2 is 1.30 bits per heavy atom. The van der Waals surface area contributed by atoms with E-state index in [4.69, 9.17) is 0 Å². The maximum atomic E-state index is 3.75. The summed E-state index contributed by atoms with van der Waals surface area (Å²) < 4.78 is 0. The summed E-state index contributed by atoms with van der Waals surface area (Å²) in [5, 5.41) is 4.21. The van der Waals surface area contributed by atoms with Gasteiger partial charge in [0.2, 0.25) is 0 Å². The van der Waals surface area contributed by atoms with Crippen molar-refractivity contribution in [3.8, 4) is 0 Å². The molecule has 0 bridgehead atoms. The van der Waals surface area contributed by atoms with E-state index in [1.165, 1.54) is 21.7 Å². The molecule has 114 valence electrons. The third-order valence-corrected chi connectivity index (χ3v) is 5.67. The summed E-state index contributed by atoms with van der Waals surface area (Å²) in [6, 6.07) is 30.6. The van der Waals surface area contributed by atoms with Gasteiger partial charge in [0.25, 0.3) is 0 Å². The van der Waals surface area contributed by atoms with Gasteiger partial charge in [0.15, 0.2) is 0 Å². The molecule has 1 aliphatic heterocycles. The zero-order chi connectivity index (χ0) is 15.5. The van der Waals surface area contributed by atoms with E-state index < -0.39 is 0 Å². The van der Waals surface area contributed by atoms with Crippen LogP contribution in [0.3, 0.4) is 0 Å². The standard InChI is InChI=1S/C21H19NS/c1-3-9-16(10-4-1)19-15-21(17-11-5-2-6-12-17)23-20-14-8-7-13-18(20)22-19/h1-14,19,21-22H,15H2/t19-,21-/m1/s1. The third-order valence-electron chi connectivity index (χ3n) is 4.31. The normalized spacial score (nSPS) is 20.2. The monoisotopic (exact) mass is 317 g/mol. The van der Waals surface area contributed by atoms with Crippen molar-refractivity contribution in [1.29, 1.82) is 0 Å². The molecule has 1 N–H and O–H groups in total. The minimum atomic E-state index is 0.331. The van der Waals surface area contributed by atoms with Crippen molar-refractivity contribution in [1.82, 2.24) is 0 Å². The lowest BCUT2D eigenvalue weighted by Crippen LogP contribution is -2.11. The van der Waals surface area contributed by atoms with Gasteiger partial charge in [-0.1, -0.05) is 72.8 Å². The molecule has 0 aliphatic carbocycles. The van der Waals surface area contributed by atoms with Gasteiger partial charge >= 0.3 is 0 Å². The minimum absolute atomic E-state index is 0.331. The zero-order valence-corrected chi connectivity index (χ0v) is 13.7. The molecule has 4 rings (SSSR count). The Hall–Kier alpha value is -2.19. The number of hydrogen-bond acceptors (Lipinski definition) is 2. The SMILES string of the molecule is c1ccc([C@H]2C[C@H](c3ccccc3)Sc3ccccc3N2)cc1. The van der Waals surface area contributed by atoms with Crippen LogP contribution in [-0.4, -0.2) is 0 Å². The molecule has 0 aromatic heterocycles. The van der Waals surface area contributed by atoms with E-state index in [-0.39, 0.29) is 0 Å². The molecular formula is C21H19NS. The Kier molecular flexibility index (Phi) is 4.08. The molecule has 1 nitrogen and oxygen atoms in total. The quantitative estimate of drug-likeness (QED) is 0.615. The van der Waals surface area contributed by atoms with E-state index >= 15 is 0 Å². The van der Waals surface area contributed by atoms with E-state index in [2.05, 4.69) is 90.2 Å². The van der Waals surface area contributed by atoms with Gasteiger partial charge in [-0.3, -0.25) is 0 Å². The summed E-state index contributed by atoms with van der Waals surface area (Å²) in [5.74, 6) is 0. The molecule has 0 saturated heterocycles. The molecule has 23 heavy (non-hydrogen) atoms. The molecule has 2 heteroatoms. The van der Waals surface area contributed by atoms with Crippen molar-refractivity contribution in [2.45, 2.75) is 22.6 Å². The van der Waals surface area contributed by atoms with Crippen LogP contribution in [-0.2, 0) is 0 Å². The fourth-order valence-electron chi connectivity index (χ4n) is 3.13. The highest BCUT2D eigenvalue weighted by atomic mass is 32.2. The Labute approximate surface area is 141 Å². The van der Waals surface area contributed by atoms with Gasteiger partial charge in [-0.2, -0.15) is 0 Å². The highest BCUT2D eigenvalue weighted by Gasteiger charge is 2.25. The van der Waals surface area contributed by atoms with Crippen molar-refractivity contribution in [2.75, 3.05) is 5.32 Å². The Bertz CT molecular complexity index is 704. The molecule has 1 heterocycles. The molecule has 0 amide bonds. The van der Waals surface area contributed by atoms with Crippen molar-refractivity contribution in [3.63, 3.8) is 0 Å². The lowest BCUT2D eigenvalue weighted by molar-refractivity contribution is 0.687. The smallest absolute Gasteiger partial charge is 0.0528 e. The molecule has 0 fully saturated rings. The van der Waals surface area contributed by atoms with Crippen LogP contribution < -0.4 is 5.32 Å². The van der Waals surface area contributed by atoms with Gasteiger partial charge in [-0.05, 0) is 29.7 Å². The maximum Gasteiger partial charge on any atom is 0.0528 e. The van der Waals surface area contributed by atoms with Crippen molar-refractivity contribution in [3.05, 3.63) is 96.1 Å². The molecule has 0 saturated carbocycles. The molecule has 3 aromatic rings. The summed E-state index contributed by atoms with van der Waals surface area (Å²) in [6.07, 6.45) is 1.08. The molecule has 2 atom stereocenters. The Morgan fingerprint density at radius 1 is 0.696 bits per heavy atom. The molecule has 0 spiro atoms. The summed E-state index contributed by atoms with van der Waals surface area (Å²) in [4.78, 5) is 1.33. The van der Waals surface area contributed by atoms with E-state index in [1.54, 1.807) is 0 Å². The van der Waals surface area contributed by atoms with E-state index in [9.17, 15) is 0 Å². The van der Waals surface area contributed by atoms with E-state index in [0.717, 1.165) is 6.42 Å². The maximum absolute atomic E-state index is 3.75. The van der Waals surface area contributed by atoms with Crippen molar-refractivity contribution >= 4 is 17.4 Å². The first kappa shape index (κ1) is 14.4. The predicted molar refractivity (Wildman–Crippen MR) is 98.9 cm³/mol. The lowest BCUT2D eigenvalue weighted by atomic mass is 9.98. The fraction of sp³-hybridized carbons (Fsp3) is 0.143. The van der Waals surface area contributed by atoms with Crippen LogP contribution in [0.1, 0.15) is 28.8 Å². The lowest BCUT2D eigenvalue weighted by Gasteiger charge is -2.21.